The van der Waals surface area contributed by atoms with Gasteiger partial charge in [-0.1, -0.05) is 25.1 Å². The maximum absolute atomic E-state index is 13.0. The van der Waals surface area contributed by atoms with Gasteiger partial charge in [-0.3, -0.25) is 25.2 Å². The number of hydrogen-bond donors (Lipinski definition) is 2. The Morgan fingerprint density at radius 3 is 2.27 bits per heavy atom. The van der Waals surface area contributed by atoms with Crippen LogP contribution in [0.3, 0.4) is 0 Å². The lowest BCUT2D eigenvalue weighted by atomic mass is 9.52. The summed E-state index contributed by atoms with van der Waals surface area (Å²) in [6.45, 7) is 2.39. The lowest BCUT2D eigenvalue weighted by molar-refractivity contribution is -0.138. The van der Waals surface area contributed by atoms with Gasteiger partial charge in [0.2, 0.25) is 5.91 Å². The Labute approximate surface area is 175 Å². The predicted octanol–water partition coefficient (Wildman–Crippen LogP) is 2.64. The topological polar surface area (TPSA) is 93.1 Å². The zero-order valence-corrected chi connectivity index (χ0v) is 17.3. The molecule has 0 saturated heterocycles. The molecule has 4 aliphatic rings. The summed E-state index contributed by atoms with van der Waals surface area (Å²) in [5, 5.41) is 5.25. The number of nitrogens with one attached hydrogen (secondary N) is 2. The fraction of sp³-hybridized carbons (Fsp3) is 0.565. The molecule has 0 unspecified atom stereocenters. The van der Waals surface area contributed by atoms with Crippen LogP contribution in [0.25, 0.3) is 10.8 Å². The Morgan fingerprint density at radius 1 is 1.00 bits per heavy atom. The van der Waals surface area contributed by atoms with Crippen LogP contribution in [0.15, 0.2) is 29.1 Å². The molecule has 2 aromatic rings. The number of hydrazine groups is 1. The van der Waals surface area contributed by atoms with Crippen LogP contribution in [0.5, 0.6) is 0 Å². The number of carbonyl (C=O) groups is 2. The minimum Gasteiger partial charge on any atom is -0.273 e. The average molecular weight is 409 g/mol. The summed E-state index contributed by atoms with van der Waals surface area (Å²) in [6.07, 6.45) is 6.65. The van der Waals surface area contributed by atoms with Gasteiger partial charge in [0, 0.05) is 17.8 Å². The van der Waals surface area contributed by atoms with Gasteiger partial charge in [0.05, 0.1) is 5.39 Å². The van der Waals surface area contributed by atoms with Crippen LogP contribution in [0.2, 0.25) is 0 Å². The summed E-state index contributed by atoms with van der Waals surface area (Å²) in [5.74, 6) is 1.91. The molecule has 4 saturated carbocycles. The van der Waals surface area contributed by atoms with Crippen molar-refractivity contribution in [1.82, 2.24) is 20.6 Å². The highest BCUT2D eigenvalue weighted by Gasteiger charge is 2.50. The Kier molecular flexibility index (Phi) is 4.83. The van der Waals surface area contributed by atoms with Crippen LogP contribution >= 0.6 is 0 Å². The highest BCUT2D eigenvalue weighted by atomic mass is 16.2. The van der Waals surface area contributed by atoms with Gasteiger partial charge in [-0.25, -0.2) is 4.68 Å². The number of carbonyl (C=O) groups excluding carboxylic acids is 2. The number of rotatable bonds is 4. The standard InChI is InChI=1S/C23H28N4O3/c1-2-7-27-23(30)18-6-4-3-5-17(18)20(26-27)22(29)25-24-21(28)19-15-9-13-8-14(11-15)12-16(19)10-13/h3-6,13-16,19H,2,7-12H2,1H3,(H,24,28)(H,25,29). The molecule has 7 heteroatoms. The molecule has 4 aliphatic carbocycles. The van der Waals surface area contributed by atoms with Crippen molar-refractivity contribution in [2.45, 2.75) is 52.0 Å². The number of aromatic nitrogens is 2. The summed E-state index contributed by atoms with van der Waals surface area (Å²) < 4.78 is 1.33. The first-order valence-corrected chi connectivity index (χ1v) is 11.1. The van der Waals surface area contributed by atoms with E-state index >= 15 is 0 Å². The van der Waals surface area contributed by atoms with E-state index in [2.05, 4.69) is 16.0 Å². The van der Waals surface area contributed by atoms with E-state index in [1.54, 1.807) is 24.3 Å². The smallest absolute Gasteiger partial charge is 0.273 e. The quantitative estimate of drug-likeness (QED) is 0.761. The second kappa shape index (κ2) is 7.52. The summed E-state index contributed by atoms with van der Waals surface area (Å²) >= 11 is 0. The Bertz CT molecular complexity index is 1030. The predicted molar refractivity (Wildman–Crippen MR) is 112 cm³/mol. The highest BCUT2D eigenvalue weighted by molar-refractivity contribution is 6.05. The lowest BCUT2D eigenvalue weighted by Crippen LogP contribution is -2.54. The van der Waals surface area contributed by atoms with Crippen molar-refractivity contribution in [3.63, 3.8) is 0 Å². The van der Waals surface area contributed by atoms with Gasteiger partial charge >= 0.3 is 0 Å². The third-order valence-corrected chi connectivity index (χ3v) is 7.35. The molecule has 0 spiro atoms. The van der Waals surface area contributed by atoms with E-state index in [0.717, 1.165) is 43.9 Å². The number of hydrogen-bond acceptors (Lipinski definition) is 4. The second-order valence-corrected chi connectivity index (χ2v) is 9.32. The van der Waals surface area contributed by atoms with E-state index in [1.165, 1.54) is 11.1 Å². The summed E-state index contributed by atoms with van der Waals surface area (Å²) in [7, 11) is 0. The normalized spacial score (nSPS) is 29.2. The maximum Gasteiger partial charge on any atom is 0.290 e. The van der Waals surface area contributed by atoms with Crippen molar-refractivity contribution in [2.24, 2.45) is 29.6 Å². The molecule has 1 aromatic carbocycles. The minimum atomic E-state index is -0.492. The van der Waals surface area contributed by atoms with E-state index < -0.39 is 5.91 Å². The van der Waals surface area contributed by atoms with Crippen molar-refractivity contribution in [1.29, 1.82) is 0 Å². The van der Waals surface area contributed by atoms with Gasteiger partial charge in [-0.2, -0.15) is 5.10 Å². The van der Waals surface area contributed by atoms with Gasteiger partial charge in [-0.05, 0) is 68.3 Å². The van der Waals surface area contributed by atoms with Crippen LogP contribution in [0.4, 0.5) is 0 Å². The number of fused-ring (bicyclic) bond motifs is 1. The molecule has 0 atom stereocenters. The molecule has 2 N–H and O–H groups in total. The van der Waals surface area contributed by atoms with E-state index in [4.69, 9.17) is 0 Å². The molecule has 1 heterocycles. The van der Waals surface area contributed by atoms with E-state index in [1.807, 2.05) is 6.92 Å². The number of benzene rings is 1. The van der Waals surface area contributed by atoms with Crippen molar-refractivity contribution in [3.8, 4) is 0 Å². The van der Waals surface area contributed by atoms with Crippen molar-refractivity contribution in [2.75, 3.05) is 0 Å². The van der Waals surface area contributed by atoms with Crippen molar-refractivity contribution < 1.29 is 9.59 Å². The fourth-order valence-electron chi connectivity index (χ4n) is 6.38. The van der Waals surface area contributed by atoms with E-state index in [-0.39, 0.29) is 23.1 Å². The average Bonchev–Trinajstić information content (AvgIpc) is 2.73. The van der Waals surface area contributed by atoms with Crippen LogP contribution in [-0.4, -0.2) is 21.6 Å². The molecule has 0 aliphatic heterocycles. The number of aryl methyl sites for hydroxylation is 1. The Balaban J connectivity index is 1.35. The van der Waals surface area contributed by atoms with Crippen molar-refractivity contribution >= 4 is 22.6 Å². The Morgan fingerprint density at radius 2 is 1.63 bits per heavy atom. The largest absolute Gasteiger partial charge is 0.290 e. The molecule has 4 fully saturated rings. The van der Waals surface area contributed by atoms with Gasteiger partial charge in [0.15, 0.2) is 5.69 Å². The van der Waals surface area contributed by atoms with Crippen LogP contribution in [0, 0.1) is 29.6 Å². The SMILES string of the molecule is CCCn1nc(C(=O)NNC(=O)C2C3CC4CC(C3)CC2C4)c2ccccc2c1=O. The third-order valence-electron chi connectivity index (χ3n) is 7.35. The molecule has 6 rings (SSSR count). The minimum absolute atomic E-state index is 0.00292. The molecule has 7 nitrogen and oxygen atoms in total. The maximum atomic E-state index is 13.0. The summed E-state index contributed by atoms with van der Waals surface area (Å²) in [4.78, 5) is 38.5. The first-order chi connectivity index (χ1) is 14.5. The third kappa shape index (κ3) is 3.20. The molecular weight excluding hydrogens is 380 g/mol. The zero-order chi connectivity index (χ0) is 20.8. The first kappa shape index (κ1) is 19.3. The molecule has 30 heavy (non-hydrogen) atoms. The second-order valence-electron chi connectivity index (χ2n) is 9.32. The summed E-state index contributed by atoms with van der Waals surface area (Å²) in [5.41, 5.74) is 5.20. The van der Waals surface area contributed by atoms with Gasteiger partial charge in [-0.15, -0.1) is 0 Å². The number of nitrogens with zero attached hydrogens (tertiary/aromatic N) is 2. The molecule has 2 amide bonds. The molecule has 0 radical (unpaired) electrons. The van der Waals surface area contributed by atoms with Crippen LogP contribution in [-0.2, 0) is 11.3 Å². The van der Waals surface area contributed by atoms with Gasteiger partial charge in [0.1, 0.15) is 0 Å². The van der Waals surface area contributed by atoms with Crippen LogP contribution in [0.1, 0.15) is 55.9 Å². The molecule has 1 aromatic heterocycles. The monoisotopic (exact) mass is 408 g/mol. The number of amides is 2. The first-order valence-electron chi connectivity index (χ1n) is 11.1. The fourth-order valence-corrected chi connectivity index (χ4v) is 6.38. The summed E-state index contributed by atoms with van der Waals surface area (Å²) in [6, 6.07) is 6.97. The van der Waals surface area contributed by atoms with E-state index in [0.29, 0.717) is 29.2 Å². The highest BCUT2D eigenvalue weighted by Crippen LogP contribution is 2.56. The van der Waals surface area contributed by atoms with Gasteiger partial charge < -0.3 is 0 Å². The lowest BCUT2D eigenvalue weighted by Gasteiger charge is -2.53. The zero-order valence-electron chi connectivity index (χ0n) is 17.3. The Hall–Kier alpha value is -2.70. The van der Waals surface area contributed by atoms with E-state index in [9.17, 15) is 14.4 Å². The van der Waals surface area contributed by atoms with Crippen molar-refractivity contribution in [3.05, 3.63) is 40.3 Å². The molecular formula is C23H28N4O3. The van der Waals surface area contributed by atoms with Gasteiger partial charge in [0.25, 0.3) is 11.5 Å². The van der Waals surface area contributed by atoms with Crippen LogP contribution < -0.4 is 16.4 Å². The molecule has 4 bridgehead atoms. The molecule has 158 valence electrons.